The number of nitriles is 1. The monoisotopic (exact) mass is 481 g/mol. The molecule has 5 heteroatoms. The summed E-state index contributed by atoms with van der Waals surface area (Å²) >= 11 is 3.52. The van der Waals surface area contributed by atoms with E-state index in [1.807, 2.05) is 0 Å². The van der Waals surface area contributed by atoms with Crippen molar-refractivity contribution in [2.75, 3.05) is 5.33 Å². The van der Waals surface area contributed by atoms with Crippen LogP contribution in [0, 0.1) is 17.2 Å². The van der Waals surface area contributed by atoms with Gasteiger partial charge < -0.3 is 9.16 Å². The van der Waals surface area contributed by atoms with Crippen molar-refractivity contribution in [2.24, 2.45) is 5.92 Å². The molecule has 1 saturated heterocycles. The van der Waals surface area contributed by atoms with Crippen molar-refractivity contribution in [1.29, 1.82) is 5.26 Å². The van der Waals surface area contributed by atoms with Crippen molar-refractivity contribution >= 4 is 24.2 Å². The fraction of sp³-hybridized carbons (Fsp3) is 0.708. The van der Waals surface area contributed by atoms with Crippen LogP contribution in [0.5, 0.6) is 0 Å². The van der Waals surface area contributed by atoms with Crippen LogP contribution in [0.1, 0.15) is 60.3 Å². The van der Waals surface area contributed by atoms with Crippen molar-refractivity contribution in [3.63, 3.8) is 0 Å². The summed E-state index contributed by atoms with van der Waals surface area (Å²) in [5, 5.41) is 10.5. The van der Waals surface area contributed by atoms with E-state index in [0.717, 1.165) is 36.6 Å². The molecule has 1 heterocycles. The lowest BCUT2D eigenvalue weighted by Crippen LogP contribution is -2.33. The molecule has 3 nitrogen and oxygen atoms in total. The van der Waals surface area contributed by atoms with Crippen LogP contribution in [-0.4, -0.2) is 31.5 Å². The van der Waals surface area contributed by atoms with Crippen LogP contribution in [0.15, 0.2) is 34.9 Å². The van der Waals surface area contributed by atoms with E-state index in [4.69, 9.17) is 9.16 Å². The van der Waals surface area contributed by atoms with Gasteiger partial charge in [0.2, 0.25) is 0 Å². The first-order chi connectivity index (χ1) is 13.4. The maximum absolute atomic E-state index is 9.58. The first kappa shape index (κ1) is 26.4. The fourth-order valence-electron chi connectivity index (χ4n) is 3.21. The Bertz CT molecular complexity index is 669. The summed E-state index contributed by atoms with van der Waals surface area (Å²) in [7, 11) is -1.77. The Morgan fingerprint density at radius 3 is 2.34 bits per heavy atom. The Kier molecular flexibility index (Phi) is 10.6. The highest BCUT2D eigenvalue weighted by Gasteiger charge is 2.50. The largest absolute Gasteiger partial charge is 0.399 e. The van der Waals surface area contributed by atoms with Crippen molar-refractivity contribution < 1.29 is 9.16 Å². The van der Waals surface area contributed by atoms with Gasteiger partial charge in [0.25, 0.3) is 0 Å². The van der Waals surface area contributed by atoms with Crippen LogP contribution >= 0.6 is 15.9 Å². The normalized spacial score (nSPS) is 24.6. The Balaban J connectivity index is 2.58. The molecule has 0 bridgehead atoms. The van der Waals surface area contributed by atoms with Gasteiger partial charge in [0.15, 0.2) is 14.4 Å². The molecule has 1 aliphatic heterocycles. The molecule has 0 spiro atoms. The lowest BCUT2D eigenvalue weighted by molar-refractivity contribution is 0.271. The minimum Gasteiger partial charge on any atom is -0.399 e. The smallest absolute Gasteiger partial charge is 0.185 e. The van der Waals surface area contributed by atoms with Crippen LogP contribution in [0.4, 0.5) is 0 Å². The van der Waals surface area contributed by atoms with Gasteiger partial charge in [0, 0.05) is 5.33 Å². The fourth-order valence-corrected chi connectivity index (χ4v) is 4.60. The molecule has 0 aromatic heterocycles. The highest BCUT2D eigenvalue weighted by Crippen LogP contribution is 2.41. The van der Waals surface area contributed by atoms with Crippen molar-refractivity contribution in [2.45, 2.75) is 97.8 Å². The van der Waals surface area contributed by atoms with Gasteiger partial charge >= 0.3 is 0 Å². The molecule has 1 aliphatic rings. The summed E-state index contributed by atoms with van der Waals surface area (Å²) < 4.78 is 11.8. The quantitative estimate of drug-likeness (QED) is 0.0963. The zero-order valence-corrected chi connectivity index (χ0v) is 22.2. The molecule has 0 aromatic rings. The van der Waals surface area contributed by atoms with Crippen molar-refractivity contribution in [3.8, 4) is 6.07 Å². The summed E-state index contributed by atoms with van der Waals surface area (Å²) in [4.78, 5) is 0. The molecular weight excluding hydrogens is 442 g/mol. The third-order valence-electron chi connectivity index (χ3n) is 5.25. The van der Waals surface area contributed by atoms with Crippen LogP contribution in [-0.2, 0) is 9.16 Å². The zero-order valence-electron chi connectivity index (χ0n) is 19.6. The molecule has 0 N–H and O–H groups in total. The molecular formula is C24H40BrNO2Si. The summed E-state index contributed by atoms with van der Waals surface area (Å²) in [6.45, 7) is 17.2. The maximum atomic E-state index is 9.58. The van der Waals surface area contributed by atoms with Crippen molar-refractivity contribution in [3.05, 3.63) is 34.9 Å². The number of nitrogens with zero attached hydrogens (tertiary/aromatic N) is 1. The predicted octanol–water partition coefficient (Wildman–Crippen LogP) is 7.32. The SMILES string of the molecule is C/C(=C\C=C(\C(C)C)C(C#N)O[Si](C)(C)C)CC/C=C(\C)CC[C@@H]1O[C@@]1(C)CBr. The molecule has 0 aromatic carbocycles. The Morgan fingerprint density at radius 1 is 1.21 bits per heavy atom. The number of ether oxygens (including phenoxy) is 1. The van der Waals surface area contributed by atoms with E-state index in [1.54, 1.807) is 0 Å². The highest BCUT2D eigenvalue weighted by molar-refractivity contribution is 9.09. The van der Waals surface area contributed by atoms with Gasteiger partial charge in [0.1, 0.15) is 5.60 Å². The molecule has 3 atom stereocenters. The van der Waals surface area contributed by atoms with Gasteiger partial charge in [-0.3, -0.25) is 0 Å². The average Bonchev–Trinajstić information content (AvgIpc) is 3.28. The van der Waals surface area contributed by atoms with Crippen LogP contribution < -0.4 is 0 Å². The minimum atomic E-state index is -1.77. The van der Waals surface area contributed by atoms with Crippen LogP contribution in [0.25, 0.3) is 0 Å². The summed E-state index contributed by atoms with van der Waals surface area (Å²) in [5.41, 5.74) is 3.90. The topological polar surface area (TPSA) is 45.5 Å². The molecule has 1 unspecified atom stereocenters. The molecule has 0 saturated carbocycles. The second kappa shape index (κ2) is 11.6. The zero-order chi connectivity index (χ0) is 22.2. The predicted molar refractivity (Wildman–Crippen MR) is 130 cm³/mol. The average molecular weight is 483 g/mol. The number of hydrogen-bond acceptors (Lipinski definition) is 3. The first-order valence-corrected chi connectivity index (χ1v) is 15.3. The number of rotatable bonds is 12. The van der Waals surface area contributed by atoms with E-state index < -0.39 is 14.4 Å². The standard InChI is InChI=1S/C24H40BrNO2Si/c1-18(2)21(22(16-26)28-29(6,7)8)14-12-19(3)10-9-11-20(4)13-15-23-24(5,17-25)27-23/h11-12,14,18,22-23H,9-10,13,15,17H2,1-8H3/b19-12+,20-11+,21-14-/t22?,23-,24-/m0/s1. The third kappa shape index (κ3) is 9.78. The molecule has 0 amide bonds. The maximum Gasteiger partial charge on any atom is 0.185 e. The number of alkyl halides is 1. The van der Waals surface area contributed by atoms with Gasteiger partial charge in [-0.25, -0.2) is 0 Å². The van der Waals surface area contributed by atoms with Gasteiger partial charge in [-0.1, -0.05) is 59.2 Å². The number of epoxide rings is 1. The Morgan fingerprint density at radius 2 is 1.86 bits per heavy atom. The minimum absolute atomic E-state index is 0.0561. The molecule has 1 rings (SSSR count). The summed E-state index contributed by atoms with van der Waals surface area (Å²) in [6, 6.07) is 2.35. The van der Waals surface area contributed by atoms with Gasteiger partial charge in [-0.05, 0) is 77.6 Å². The van der Waals surface area contributed by atoms with Gasteiger partial charge in [-0.15, -0.1) is 0 Å². The second-order valence-electron chi connectivity index (χ2n) is 9.75. The Hall–Kier alpha value is -0.673. The molecule has 0 aliphatic carbocycles. The first-order valence-electron chi connectivity index (χ1n) is 10.8. The third-order valence-corrected chi connectivity index (χ3v) is 7.31. The summed E-state index contributed by atoms with van der Waals surface area (Å²) in [6.07, 6.45) is 10.9. The molecule has 0 radical (unpaired) electrons. The van der Waals surface area contributed by atoms with E-state index in [2.05, 4.69) is 94.5 Å². The lowest BCUT2D eigenvalue weighted by atomic mass is 9.97. The number of hydrogen-bond donors (Lipinski definition) is 0. The van der Waals surface area contributed by atoms with E-state index in [1.165, 1.54) is 11.1 Å². The molecule has 29 heavy (non-hydrogen) atoms. The van der Waals surface area contributed by atoms with E-state index >= 15 is 0 Å². The van der Waals surface area contributed by atoms with E-state index in [0.29, 0.717) is 6.10 Å². The number of allylic oxidation sites excluding steroid dienone is 5. The molecule has 1 fully saturated rings. The highest BCUT2D eigenvalue weighted by atomic mass is 79.9. The molecule has 164 valence electrons. The Labute approximate surface area is 188 Å². The van der Waals surface area contributed by atoms with E-state index in [-0.39, 0.29) is 11.5 Å². The van der Waals surface area contributed by atoms with Gasteiger partial charge in [0.05, 0.1) is 12.2 Å². The summed E-state index contributed by atoms with van der Waals surface area (Å²) in [5.74, 6) is 0.289. The lowest BCUT2D eigenvalue weighted by Gasteiger charge is -2.25. The number of halogens is 1. The van der Waals surface area contributed by atoms with Gasteiger partial charge in [-0.2, -0.15) is 5.26 Å². The van der Waals surface area contributed by atoms with Crippen molar-refractivity contribution in [1.82, 2.24) is 0 Å². The van der Waals surface area contributed by atoms with Crippen LogP contribution in [0.3, 0.4) is 0 Å². The van der Waals surface area contributed by atoms with Crippen LogP contribution in [0.2, 0.25) is 19.6 Å². The second-order valence-corrected chi connectivity index (χ2v) is 14.8. The van der Waals surface area contributed by atoms with E-state index in [9.17, 15) is 5.26 Å².